The smallest absolute Gasteiger partial charge is 0.335 e. The Bertz CT molecular complexity index is 550. The summed E-state index contributed by atoms with van der Waals surface area (Å²) in [6.45, 7) is 1.20. The number of amides is 2. The van der Waals surface area contributed by atoms with E-state index in [-0.39, 0.29) is 22.7 Å². The highest BCUT2D eigenvalue weighted by molar-refractivity contribution is 6.34. The monoisotopic (exact) mass is 312 g/mol. The number of carboxylic acids is 1. The first-order valence-corrected chi connectivity index (χ1v) is 7.00. The van der Waals surface area contributed by atoms with Crippen LogP contribution in [0.3, 0.4) is 0 Å². The minimum Gasteiger partial charge on any atom is -0.478 e. The van der Waals surface area contributed by atoms with Crippen molar-refractivity contribution in [2.45, 2.75) is 18.9 Å². The van der Waals surface area contributed by atoms with Crippen LogP contribution in [-0.4, -0.2) is 48.3 Å². The first-order valence-electron chi connectivity index (χ1n) is 6.63. The topological polar surface area (TPSA) is 78.9 Å². The molecule has 2 rings (SSSR count). The van der Waals surface area contributed by atoms with Gasteiger partial charge in [-0.05, 0) is 31.0 Å². The number of rotatable bonds is 3. The Hall–Kier alpha value is -1.79. The highest BCUT2D eigenvalue weighted by atomic mass is 35.5. The van der Waals surface area contributed by atoms with Crippen LogP contribution in [0.1, 0.15) is 23.2 Å². The molecule has 0 spiro atoms. The molecule has 1 aromatic carbocycles. The highest BCUT2D eigenvalue weighted by Gasteiger charge is 2.23. The number of urea groups is 1. The van der Waals surface area contributed by atoms with Crippen LogP contribution < -0.4 is 5.32 Å². The van der Waals surface area contributed by atoms with Crippen LogP contribution >= 0.6 is 11.6 Å². The van der Waals surface area contributed by atoms with Gasteiger partial charge in [-0.2, -0.15) is 0 Å². The number of methoxy groups -OCH3 is 1. The lowest BCUT2D eigenvalue weighted by Gasteiger charge is -2.32. The van der Waals surface area contributed by atoms with Crippen molar-refractivity contribution in [1.29, 1.82) is 0 Å². The molecule has 21 heavy (non-hydrogen) atoms. The highest BCUT2D eigenvalue weighted by Crippen LogP contribution is 2.24. The third-order valence-corrected chi connectivity index (χ3v) is 3.77. The normalized spacial score (nSPS) is 18.4. The molecule has 114 valence electrons. The van der Waals surface area contributed by atoms with Gasteiger partial charge in [0.05, 0.1) is 22.4 Å². The van der Waals surface area contributed by atoms with Crippen LogP contribution in [-0.2, 0) is 4.74 Å². The number of nitrogens with zero attached hydrogens (tertiary/aromatic N) is 1. The molecule has 0 aliphatic carbocycles. The summed E-state index contributed by atoms with van der Waals surface area (Å²) in [4.78, 5) is 24.7. The molecule has 6 nitrogen and oxygen atoms in total. The summed E-state index contributed by atoms with van der Waals surface area (Å²) < 4.78 is 5.27. The van der Waals surface area contributed by atoms with Crippen molar-refractivity contribution in [2.24, 2.45) is 0 Å². The summed E-state index contributed by atoms with van der Waals surface area (Å²) in [7, 11) is 1.63. The van der Waals surface area contributed by atoms with E-state index in [9.17, 15) is 9.59 Å². The fourth-order valence-electron chi connectivity index (χ4n) is 2.26. The Morgan fingerprint density at radius 2 is 2.24 bits per heavy atom. The SMILES string of the molecule is COC1CCCN(C(=O)Nc2ccc(C(=O)O)cc2Cl)C1. The second kappa shape index (κ2) is 6.78. The van der Waals surface area contributed by atoms with E-state index in [1.807, 2.05) is 0 Å². The molecule has 0 aromatic heterocycles. The van der Waals surface area contributed by atoms with Crippen molar-refractivity contribution in [3.05, 3.63) is 28.8 Å². The second-order valence-corrected chi connectivity index (χ2v) is 5.28. The minimum atomic E-state index is -1.06. The Kier molecular flexibility index (Phi) is 5.03. The molecule has 2 amide bonds. The number of anilines is 1. The number of hydrogen-bond acceptors (Lipinski definition) is 3. The first kappa shape index (κ1) is 15.6. The van der Waals surface area contributed by atoms with Crippen molar-refractivity contribution in [1.82, 2.24) is 4.90 Å². The van der Waals surface area contributed by atoms with Gasteiger partial charge in [0.15, 0.2) is 0 Å². The average molecular weight is 313 g/mol. The molecule has 0 bridgehead atoms. The van der Waals surface area contributed by atoms with Gasteiger partial charge >= 0.3 is 12.0 Å². The maximum absolute atomic E-state index is 12.2. The number of aromatic carboxylic acids is 1. The number of carboxylic acid groups (broad SMARTS) is 1. The zero-order valence-electron chi connectivity index (χ0n) is 11.6. The summed E-state index contributed by atoms with van der Waals surface area (Å²) in [6, 6.07) is 3.94. The summed E-state index contributed by atoms with van der Waals surface area (Å²) in [5.41, 5.74) is 0.474. The number of halogens is 1. The van der Waals surface area contributed by atoms with E-state index < -0.39 is 5.97 Å². The molecule has 1 aromatic rings. The van der Waals surface area contributed by atoms with Crippen LogP contribution in [0.15, 0.2) is 18.2 Å². The average Bonchev–Trinajstić information content (AvgIpc) is 2.49. The lowest BCUT2D eigenvalue weighted by molar-refractivity contribution is 0.0458. The van der Waals surface area contributed by atoms with E-state index in [0.29, 0.717) is 18.8 Å². The van der Waals surface area contributed by atoms with Gasteiger partial charge < -0.3 is 20.1 Å². The molecular formula is C14H17ClN2O4. The predicted molar refractivity (Wildman–Crippen MR) is 79.0 cm³/mol. The number of hydrogen-bond donors (Lipinski definition) is 2. The summed E-state index contributed by atoms with van der Waals surface area (Å²) in [6.07, 6.45) is 1.88. The molecule has 0 saturated carbocycles. The Balaban J connectivity index is 2.04. The van der Waals surface area contributed by atoms with Gasteiger partial charge in [-0.25, -0.2) is 9.59 Å². The summed E-state index contributed by atoms with van der Waals surface area (Å²) in [5.74, 6) is -1.06. The van der Waals surface area contributed by atoms with Crippen molar-refractivity contribution in [2.75, 3.05) is 25.5 Å². The molecule has 0 radical (unpaired) electrons. The minimum absolute atomic E-state index is 0.0503. The zero-order chi connectivity index (χ0) is 15.4. The lowest BCUT2D eigenvalue weighted by Crippen LogP contribution is -2.44. The zero-order valence-corrected chi connectivity index (χ0v) is 12.4. The Morgan fingerprint density at radius 1 is 1.48 bits per heavy atom. The maximum atomic E-state index is 12.2. The van der Waals surface area contributed by atoms with E-state index in [0.717, 1.165) is 12.8 Å². The van der Waals surface area contributed by atoms with Crippen LogP contribution in [0, 0.1) is 0 Å². The van der Waals surface area contributed by atoms with Crippen molar-refractivity contribution in [3.8, 4) is 0 Å². The number of piperidine rings is 1. The van der Waals surface area contributed by atoms with Crippen LogP contribution in [0.5, 0.6) is 0 Å². The summed E-state index contributed by atoms with van der Waals surface area (Å²) in [5, 5.41) is 11.8. The predicted octanol–water partition coefficient (Wildman–Crippen LogP) is 2.68. The first-order chi connectivity index (χ1) is 10.0. The van der Waals surface area contributed by atoms with Gasteiger partial charge in [0.1, 0.15) is 0 Å². The van der Waals surface area contributed by atoms with Gasteiger partial charge in [-0.15, -0.1) is 0 Å². The van der Waals surface area contributed by atoms with E-state index >= 15 is 0 Å². The van der Waals surface area contributed by atoms with E-state index in [2.05, 4.69) is 5.32 Å². The lowest BCUT2D eigenvalue weighted by atomic mass is 10.1. The van der Waals surface area contributed by atoms with Crippen LogP contribution in [0.25, 0.3) is 0 Å². The number of nitrogens with one attached hydrogen (secondary N) is 1. The van der Waals surface area contributed by atoms with E-state index in [4.69, 9.17) is 21.4 Å². The standard InChI is InChI=1S/C14H17ClN2O4/c1-21-10-3-2-6-17(8-10)14(20)16-12-5-4-9(13(18)19)7-11(12)15/h4-5,7,10H,2-3,6,8H2,1H3,(H,16,20)(H,18,19). The van der Waals surface area contributed by atoms with Crippen molar-refractivity contribution >= 4 is 29.3 Å². The molecule has 1 heterocycles. The third kappa shape index (κ3) is 3.86. The van der Waals surface area contributed by atoms with Crippen molar-refractivity contribution in [3.63, 3.8) is 0 Å². The molecule has 2 N–H and O–H groups in total. The van der Waals surface area contributed by atoms with E-state index in [1.54, 1.807) is 12.0 Å². The molecule has 1 unspecified atom stereocenters. The number of ether oxygens (including phenoxy) is 1. The quantitative estimate of drug-likeness (QED) is 0.899. The number of benzene rings is 1. The Morgan fingerprint density at radius 3 is 2.86 bits per heavy atom. The third-order valence-electron chi connectivity index (χ3n) is 3.46. The molecule has 1 atom stereocenters. The van der Waals surface area contributed by atoms with Crippen LogP contribution in [0.4, 0.5) is 10.5 Å². The molecular weight excluding hydrogens is 296 g/mol. The fourth-order valence-corrected chi connectivity index (χ4v) is 2.49. The van der Waals surface area contributed by atoms with Gasteiger partial charge in [-0.3, -0.25) is 0 Å². The van der Waals surface area contributed by atoms with E-state index in [1.165, 1.54) is 18.2 Å². The van der Waals surface area contributed by atoms with Gasteiger partial charge in [0, 0.05) is 20.2 Å². The Labute approximate surface area is 127 Å². The van der Waals surface area contributed by atoms with Gasteiger partial charge in [0.2, 0.25) is 0 Å². The largest absolute Gasteiger partial charge is 0.478 e. The second-order valence-electron chi connectivity index (χ2n) is 4.88. The molecule has 1 aliphatic rings. The van der Waals surface area contributed by atoms with Crippen molar-refractivity contribution < 1.29 is 19.4 Å². The maximum Gasteiger partial charge on any atom is 0.335 e. The summed E-state index contributed by atoms with van der Waals surface area (Å²) >= 11 is 5.99. The number of carbonyl (C=O) groups is 2. The molecule has 1 fully saturated rings. The van der Waals surface area contributed by atoms with Gasteiger partial charge in [-0.1, -0.05) is 11.6 Å². The molecule has 1 aliphatic heterocycles. The molecule has 7 heteroatoms. The van der Waals surface area contributed by atoms with Crippen LogP contribution in [0.2, 0.25) is 5.02 Å². The van der Waals surface area contributed by atoms with Gasteiger partial charge in [0.25, 0.3) is 0 Å². The number of carbonyl (C=O) groups excluding carboxylic acids is 1. The molecule has 1 saturated heterocycles. The number of likely N-dealkylation sites (tertiary alicyclic amines) is 1. The fraction of sp³-hybridized carbons (Fsp3) is 0.429.